The standard InChI is InChI=1S/C11H24N4O3/c1-9(10(16)14-11(17)12-2)13-5-7-18-8-6-15(3)4/h9,13H,5-8H2,1-4H3,(H2,12,14,16,17). The van der Waals surface area contributed by atoms with Crippen molar-refractivity contribution in [1.29, 1.82) is 0 Å². The van der Waals surface area contributed by atoms with Gasteiger partial charge in [-0.05, 0) is 21.0 Å². The van der Waals surface area contributed by atoms with Crippen LogP contribution in [0.25, 0.3) is 0 Å². The number of rotatable bonds is 8. The van der Waals surface area contributed by atoms with Gasteiger partial charge in [-0.25, -0.2) is 4.79 Å². The number of carbonyl (C=O) groups is 2. The van der Waals surface area contributed by atoms with Gasteiger partial charge >= 0.3 is 6.03 Å². The number of imide groups is 1. The van der Waals surface area contributed by atoms with E-state index in [9.17, 15) is 9.59 Å². The monoisotopic (exact) mass is 260 g/mol. The zero-order valence-corrected chi connectivity index (χ0v) is 11.6. The molecule has 0 saturated heterocycles. The SMILES string of the molecule is CNC(=O)NC(=O)C(C)NCCOCCN(C)C. The van der Waals surface area contributed by atoms with Crippen molar-refractivity contribution >= 4 is 11.9 Å². The van der Waals surface area contributed by atoms with Crippen molar-refractivity contribution in [2.24, 2.45) is 0 Å². The molecule has 0 aromatic rings. The first-order valence-corrected chi connectivity index (χ1v) is 5.95. The molecule has 0 bridgehead atoms. The molecule has 18 heavy (non-hydrogen) atoms. The first-order valence-electron chi connectivity index (χ1n) is 5.95. The normalized spacial score (nSPS) is 12.3. The van der Waals surface area contributed by atoms with Gasteiger partial charge in [-0.3, -0.25) is 10.1 Å². The van der Waals surface area contributed by atoms with E-state index in [2.05, 4.69) is 16.0 Å². The molecule has 1 atom stereocenters. The second-order valence-electron chi connectivity index (χ2n) is 4.16. The predicted molar refractivity (Wildman–Crippen MR) is 69.4 cm³/mol. The van der Waals surface area contributed by atoms with Crippen LogP contribution in [0.15, 0.2) is 0 Å². The van der Waals surface area contributed by atoms with Crippen LogP contribution in [0, 0.1) is 0 Å². The Morgan fingerprint density at radius 2 is 1.94 bits per heavy atom. The highest BCUT2D eigenvalue weighted by atomic mass is 16.5. The lowest BCUT2D eigenvalue weighted by Gasteiger charge is -2.14. The quantitative estimate of drug-likeness (QED) is 0.488. The molecule has 7 heteroatoms. The molecule has 0 rings (SSSR count). The van der Waals surface area contributed by atoms with Gasteiger partial charge in [0.15, 0.2) is 0 Å². The minimum Gasteiger partial charge on any atom is -0.379 e. The summed E-state index contributed by atoms with van der Waals surface area (Å²) in [6.45, 7) is 4.32. The van der Waals surface area contributed by atoms with Gasteiger partial charge in [0.2, 0.25) is 5.91 Å². The number of urea groups is 1. The van der Waals surface area contributed by atoms with Crippen molar-refractivity contribution in [2.75, 3.05) is 47.4 Å². The van der Waals surface area contributed by atoms with Gasteiger partial charge in [0, 0.05) is 20.1 Å². The molecule has 0 aromatic heterocycles. The molecule has 0 radical (unpaired) electrons. The molecule has 1 unspecified atom stereocenters. The minimum atomic E-state index is -0.504. The van der Waals surface area contributed by atoms with Crippen LogP contribution in [0.1, 0.15) is 6.92 Å². The third kappa shape index (κ3) is 8.91. The van der Waals surface area contributed by atoms with Crippen LogP contribution in [0.2, 0.25) is 0 Å². The van der Waals surface area contributed by atoms with Crippen molar-refractivity contribution in [3.8, 4) is 0 Å². The van der Waals surface area contributed by atoms with E-state index in [0.29, 0.717) is 19.8 Å². The summed E-state index contributed by atoms with van der Waals surface area (Å²) in [5, 5.41) is 7.48. The van der Waals surface area contributed by atoms with Gasteiger partial charge < -0.3 is 20.3 Å². The van der Waals surface area contributed by atoms with Crippen LogP contribution in [0.5, 0.6) is 0 Å². The smallest absolute Gasteiger partial charge is 0.321 e. The second kappa shape index (κ2) is 9.81. The zero-order chi connectivity index (χ0) is 14.0. The number of amides is 3. The summed E-state index contributed by atoms with van der Waals surface area (Å²) in [4.78, 5) is 24.4. The van der Waals surface area contributed by atoms with Gasteiger partial charge in [0.05, 0.1) is 19.3 Å². The van der Waals surface area contributed by atoms with E-state index < -0.39 is 12.1 Å². The number of hydrogen-bond acceptors (Lipinski definition) is 5. The Bertz CT molecular complexity index is 259. The molecule has 0 saturated carbocycles. The van der Waals surface area contributed by atoms with Crippen molar-refractivity contribution in [3.63, 3.8) is 0 Å². The Balaban J connectivity index is 3.55. The number of carbonyl (C=O) groups excluding carboxylic acids is 2. The van der Waals surface area contributed by atoms with Gasteiger partial charge in [0.25, 0.3) is 0 Å². The van der Waals surface area contributed by atoms with E-state index in [-0.39, 0.29) is 5.91 Å². The largest absolute Gasteiger partial charge is 0.379 e. The third-order valence-corrected chi connectivity index (χ3v) is 2.24. The molecular weight excluding hydrogens is 236 g/mol. The molecule has 0 aliphatic carbocycles. The second-order valence-corrected chi connectivity index (χ2v) is 4.16. The van der Waals surface area contributed by atoms with Gasteiger partial charge in [-0.1, -0.05) is 0 Å². The first kappa shape index (κ1) is 16.8. The molecule has 3 amide bonds. The van der Waals surface area contributed by atoms with Crippen molar-refractivity contribution < 1.29 is 14.3 Å². The van der Waals surface area contributed by atoms with Crippen molar-refractivity contribution in [3.05, 3.63) is 0 Å². The lowest BCUT2D eigenvalue weighted by Crippen LogP contribution is -2.47. The van der Waals surface area contributed by atoms with Crippen LogP contribution < -0.4 is 16.0 Å². The van der Waals surface area contributed by atoms with E-state index in [4.69, 9.17) is 4.74 Å². The van der Waals surface area contributed by atoms with E-state index in [1.54, 1.807) is 6.92 Å². The number of nitrogens with one attached hydrogen (secondary N) is 3. The molecular formula is C11H24N4O3. The molecule has 7 nitrogen and oxygen atoms in total. The summed E-state index contributed by atoms with van der Waals surface area (Å²) in [5.41, 5.74) is 0. The highest BCUT2D eigenvalue weighted by Gasteiger charge is 2.13. The predicted octanol–water partition coefficient (Wildman–Crippen LogP) is -1.00. The number of ether oxygens (including phenoxy) is 1. The summed E-state index contributed by atoms with van der Waals surface area (Å²) in [7, 11) is 5.42. The Hall–Kier alpha value is -1.18. The molecule has 106 valence electrons. The average molecular weight is 260 g/mol. The summed E-state index contributed by atoms with van der Waals surface area (Å²) in [6.07, 6.45) is 0. The van der Waals surface area contributed by atoms with Crippen LogP contribution in [0.4, 0.5) is 4.79 Å². The Morgan fingerprint density at radius 3 is 2.50 bits per heavy atom. The fourth-order valence-electron chi connectivity index (χ4n) is 1.07. The van der Waals surface area contributed by atoms with Crippen LogP contribution in [-0.2, 0) is 9.53 Å². The highest BCUT2D eigenvalue weighted by molar-refractivity contribution is 5.96. The molecule has 0 aliphatic heterocycles. The third-order valence-electron chi connectivity index (χ3n) is 2.24. The van der Waals surface area contributed by atoms with Gasteiger partial charge in [-0.15, -0.1) is 0 Å². The van der Waals surface area contributed by atoms with Gasteiger partial charge in [0.1, 0.15) is 0 Å². The van der Waals surface area contributed by atoms with Crippen LogP contribution >= 0.6 is 0 Å². The van der Waals surface area contributed by atoms with Crippen molar-refractivity contribution in [2.45, 2.75) is 13.0 Å². The molecule has 0 aromatic carbocycles. The minimum absolute atomic E-state index is 0.359. The Kier molecular flexibility index (Phi) is 9.17. The molecule has 0 fully saturated rings. The maximum atomic E-state index is 11.4. The van der Waals surface area contributed by atoms with Gasteiger partial charge in [-0.2, -0.15) is 0 Å². The lowest BCUT2D eigenvalue weighted by molar-refractivity contribution is -0.121. The lowest BCUT2D eigenvalue weighted by atomic mass is 10.3. The van der Waals surface area contributed by atoms with Crippen LogP contribution in [-0.4, -0.2) is 70.3 Å². The fourth-order valence-corrected chi connectivity index (χ4v) is 1.07. The molecule has 3 N–H and O–H groups in total. The summed E-state index contributed by atoms with van der Waals surface area (Å²) < 4.78 is 5.36. The van der Waals surface area contributed by atoms with E-state index in [1.165, 1.54) is 7.05 Å². The molecule has 0 spiro atoms. The fraction of sp³-hybridized carbons (Fsp3) is 0.818. The average Bonchev–Trinajstić information content (AvgIpc) is 2.32. The number of likely N-dealkylation sites (N-methyl/N-ethyl adjacent to an activating group) is 1. The Labute approximate surface area is 108 Å². The van der Waals surface area contributed by atoms with E-state index >= 15 is 0 Å². The van der Waals surface area contributed by atoms with E-state index in [1.807, 2.05) is 19.0 Å². The zero-order valence-electron chi connectivity index (χ0n) is 11.6. The molecule has 0 aliphatic rings. The maximum Gasteiger partial charge on any atom is 0.321 e. The highest BCUT2D eigenvalue weighted by Crippen LogP contribution is 1.83. The first-order chi connectivity index (χ1) is 8.47. The topological polar surface area (TPSA) is 82.7 Å². The summed E-state index contributed by atoms with van der Waals surface area (Å²) >= 11 is 0. The summed E-state index contributed by atoms with van der Waals surface area (Å²) in [5.74, 6) is -0.359. The number of hydrogen-bond donors (Lipinski definition) is 3. The van der Waals surface area contributed by atoms with E-state index in [0.717, 1.165) is 6.54 Å². The Morgan fingerprint density at radius 1 is 1.28 bits per heavy atom. The molecule has 0 heterocycles. The van der Waals surface area contributed by atoms with Crippen LogP contribution in [0.3, 0.4) is 0 Å². The maximum absolute atomic E-state index is 11.4. The number of nitrogens with zero attached hydrogens (tertiary/aromatic N) is 1. The summed E-state index contributed by atoms with van der Waals surface area (Å²) in [6, 6.07) is -0.935. The van der Waals surface area contributed by atoms with Crippen molar-refractivity contribution in [1.82, 2.24) is 20.9 Å².